The van der Waals surface area contributed by atoms with Crippen LogP contribution >= 0.6 is 11.8 Å². The fourth-order valence-corrected chi connectivity index (χ4v) is 3.00. The van der Waals surface area contributed by atoms with Crippen molar-refractivity contribution in [2.45, 2.75) is 4.90 Å². The van der Waals surface area contributed by atoms with Crippen LogP contribution in [0.4, 0.5) is 0 Å². The lowest BCUT2D eigenvalue weighted by molar-refractivity contribution is -0.129. The Balaban J connectivity index is 1.97. The molecular weight excluding hydrogens is 366 g/mol. The number of rotatable bonds is 6. The highest BCUT2D eigenvalue weighted by Crippen LogP contribution is 2.39. The Kier molecular flexibility index (Phi) is 5.71. The summed E-state index contributed by atoms with van der Waals surface area (Å²) in [6, 6.07) is 11.2. The lowest BCUT2D eigenvalue weighted by Crippen LogP contribution is -2.06. The van der Waals surface area contributed by atoms with E-state index in [4.69, 9.17) is 18.9 Å². The minimum Gasteiger partial charge on any atom is -0.493 e. The molecule has 0 aromatic heterocycles. The highest BCUT2D eigenvalue weighted by atomic mass is 32.2. The Bertz CT molecular complexity index is 893. The third kappa shape index (κ3) is 3.93. The van der Waals surface area contributed by atoms with Gasteiger partial charge in [0, 0.05) is 10.5 Å². The van der Waals surface area contributed by atoms with Gasteiger partial charge < -0.3 is 18.9 Å². The molecule has 0 N–H and O–H groups in total. The molecule has 3 rings (SSSR count). The topological polar surface area (TPSA) is 66.4 Å². The molecule has 1 aliphatic heterocycles. The number of hydrogen-bond acceptors (Lipinski definition) is 7. The van der Waals surface area contributed by atoms with Crippen molar-refractivity contribution in [2.24, 2.45) is 4.99 Å². The maximum Gasteiger partial charge on any atom is 0.363 e. The summed E-state index contributed by atoms with van der Waals surface area (Å²) in [5, 5.41) is 0. The van der Waals surface area contributed by atoms with Crippen molar-refractivity contribution >= 4 is 29.7 Å². The summed E-state index contributed by atoms with van der Waals surface area (Å²) in [6.45, 7) is 0. The highest BCUT2D eigenvalue weighted by Gasteiger charge is 2.26. The third-order valence-electron chi connectivity index (χ3n) is 3.95. The Morgan fingerprint density at radius 3 is 2.15 bits per heavy atom. The lowest BCUT2D eigenvalue weighted by atomic mass is 10.1. The summed E-state index contributed by atoms with van der Waals surface area (Å²) in [5.41, 5.74) is 1.66. The molecule has 6 nitrogen and oxygen atoms in total. The quantitative estimate of drug-likeness (QED) is 0.428. The average molecular weight is 385 g/mol. The fourth-order valence-electron chi connectivity index (χ4n) is 2.60. The van der Waals surface area contributed by atoms with E-state index in [1.54, 1.807) is 30.0 Å². The Morgan fingerprint density at radius 1 is 1.00 bits per heavy atom. The largest absolute Gasteiger partial charge is 0.493 e. The van der Waals surface area contributed by atoms with Crippen LogP contribution in [0.1, 0.15) is 11.1 Å². The molecule has 0 radical (unpaired) electrons. The Morgan fingerprint density at radius 2 is 1.63 bits per heavy atom. The first-order valence-electron chi connectivity index (χ1n) is 8.06. The van der Waals surface area contributed by atoms with Gasteiger partial charge in [0.25, 0.3) is 0 Å². The van der Waals surface area contributed by atoms with Gasteiger partial charge in [-0.2, -0.15) is 0 Å². The van der Waals surface area contributed by atoms with Gasteiger partial charge in [-0.15, -0.1) is 11.8 Å². The molecule has 1 heterocycles. The molecule has 0 saturated carbocycles. The predicted octanol–water partition coefficient (Wildman–Crippen LogP) is 3.78. The molecule has 2 aromatic carbocycles. The van der Waals surface area contributed by atoms with E-state index >= 15 is 0 Å². The van der Waals surface area contributed by atoms with Gasteiger partial charge in [0.2, 0.25) is 11.6 Å². The van der Waals surface area contributed by atoms with Gasteiger partial charge in [-0.05, 0) is 42.2 Å². The number of hydrogen-bond donors (Lipinski definition) is 0. The van der Waals surface area contributed by atoms with Gasteiger partial charge in [0.05, 0.1) is 21.3 Å². The van der Waals surface area contributed by atoms with Gasteiger partial charge in [0.1, 0.15) is 0 Å². The zero-order valence-electron chi connectivity index (χ0n) is 15.4. The van der Waals surface area contributed by atoms with Gasteiger partial charge in [0.15, 0.2) is 17.2 Å². The van der Waals surface area contributed by atoms with E-state index in [1.165, 1.54) is 21.3 Å². The van der Waals surface area contributed by atoms with Crippen LogP contribution in [0.15, 0.2) is 52.0 Å². The molecule has 27 heavy (non-hydrogen) atoms. The van der Waals surface area contributed by atoms with Crippen molar-refractivity contribution in [3.05, 3.63) is 53.2 Å². The Labute approximate surface area is 161 Å². The van der Waals surface area contributed by atoms with Crippen molar-refractivity contribution in [1.82, 2.24) is 0 Å². The summed E-state index contributed by atoms with van der Waals surface area (Å²) in [6.07, 6.45) is 3.70. The van der Waals surface area contributed by atoms with Crippen LogP contribution in [-0.4, -0.2) is 39.5 Å². The summed E-state index contributed by atoms with van der Waals surface area (Å²) >= 11 is 1.65. The van der Waals surface area contributed by atoms with Crippen LogP contribution in [0.3, 0.4) is 0 Å². The number of nitrogens with zero attached hydrogens (tertiary/aromatic N) is 1. The SMILES string of the molecule is COc1cc(C2=N/C(=C\c3ccc(SC)cc3)C(=O)O2)cc(OC)c1OC. The number of benzene rings is 2. The van der Waals surface area contributed by atoms with Gasteiger partial charge in [-0.1, -0.05) is 12.1 Å². The van der Waals surface area contributed by atoms with Crippen molar-refractivity contribution in [2.75, 3.05) is 27.6 Å². The normalized spacial score (nSPS) is 14.7. The van der Waals surface area contributed by atoms with E-state index in [1.807, 2.05) is 30.5 Å². The molecule has 7 heteroatoms. The van der Waals surface area contributed by atoms with Crippen LogP contribution in [0.5, 0.6) is 17.2 Å². The van der Waals surface area contributed by atoms with Crippen molar-refractivity contribution in [3.8, 4) is 17.2 Å². The minimum atomic E-state index is -0.507. The lowest BCUT2D eigenvalue weighted by Gasteiger charge is -2.13. The third-order valence-corrected chi connectivity index (χ3v) is 4.69. The highest BCUT2D eigenvalue weighted by molar-refractivity contribution is 7.98. The van der Waals surface area contributed by atoms with E-state index in [9.17, 15) is 4.79 Å². The van der Waals surface area contributed by atoms with Crippen LogP contribution in [0, 0.1) is 0 Å². The first-order chi connectivity index (χ1) is 13.1. The smallest absolute Gasteiger partial charge is 0.363 e. The minimum absolute atomic E-state index is 0.186. The maximum atomic E-state index is 12.2. The van der Waals surface area contributed by atoms with E-state index in [2.05, 4.69) is 4.99 Å². The zero-order chi connectivity index (χ0) is 19.4. The number of cyclic esters (lactones) is 1. The van der Waals surface area contributed by atoms with Crippen LogP contribution in [0.2, 0.25) is 0 Å². The standard InChI is InChI=1S/C20H19NO5S/c1-23-16-10-13(11-17(24-2)18(16)25-3)19-21-15(20(22)26-19)9-12-5-7-14(27-4)8-6-12/h5-11H,1-4H3/b15-9-. The number of aliphatic imine (C=N–C) groups is 1. The molecule has 1 aliphatic rings. The second-order valence-electron chi connectivity index (χ2n) is 5.52. The second kappa shape index (κ2) is 8.18. The van der Waals surface area contributed by atoms with Crippen LogP contribution < -0.4 is 14.2 Å². The Hall–Kier alpha value is -2.93. The molecule has 140 valence electrons. The van der Waals surface area contributed by atoms with Crippen LogP contribution in [-0.2, 0) is 9.53 Å². The summed E-state index contributed by atoms with van der Waals surface area (Å²) < 4.78 is 21.3. The van der Waals surface area contributed by atoms with E-state index in [0.29, 0.717) is 22.8 Å². The number of esters is 1. The van der Waals surface area contributed by atoms with E-state index in [-0.39, 0.29) is 11.6 Å². The molecule has 2 aromatic rings. The summed E-state index contributed by atoms with van der Waals surface area (Å²) in [7, 11) is 4.57. The molecule has 0 atom stereocenters. The second-order valence-corrected chi connectivity index (χ2v) is 6.40. The monoisotopic (exact) mass is 385 g/mol. The predicted molar refractivity (Wildman–Crippen MR) is 105 cm³/mol. The van der Waals surface area contributed by atoms with Gasteiger partial charge in [-0.3, -0.25) is 0 Å². The molecule has 0 amide bonds. The molecule has 0 aliphatic carbocycles. The molecule has 0 bridgehead atoms. The maximum absolute atomic E-state index is 12.2. The van der Waals surface area contributed by atoms with Gasteiger partial charge in [-0.25, -0.2) is 9.79 Å². The first kappa shape index (κ1) is 18.8. The number of methoxy groups -OCH3 is 3. The van der Waals surface area contributed by atoms with Gasteiger partial charge >= 0.3 is 5.97 Å². The number of ether oxygens (including phenoxy) is 4. The summed E-state index contributed by atoms with van der Waals surface area (Å²) in [4.78, 5) is 17.7. The van der Waals surface area contributed by atoms with E-state index < -0.39 is 5.97 Å². The molecule has 0 fully saturated rings. The molecule has 0 unspecified atom stereocenters. The first-order valence-corrected chi connectivity index (χ1v) is 9.29. The average Bonchev–Trinajstić information content (AvgIpc) is 3.07. The zero-order valence-corrected chi connectivity index (χ0v) is 16.3. The fraction of sp³-hybridized carbons (Fsp3) is 0.200. The number of thioether (sulfide) groups is 1. The van der Waals surface area contributed by atoms with Crippen LogP contribution in [0.25, 0.3) is 6.08 Å². The number of carbonyl (C=O) groups excluding carboxylic acids is 1. The molecule has 0 spiro atoms. The van der Waals surface area contributed by atoms with Crippen molar-refractivity contribution in [1.29, 1.82) is 0 Å². The molecule has 0 saturated heterocycles. The summed E-state index contributed by atoms with van der Waals surface area (Å²) in [5.74, 6) is 1.05. The number of carbonyl (C=O) groups is 1. The van der Waals surface area contributed by atoms with E-state index in [0.717, 1.165) is 10.5 Å². The molecular formula is C20H19NO5S. The van der Waals surface area contributed by atoms with Crippen molar-refractivity contribution < 1.29 is 23.7 Å². The van der Waals surface area contributed by atoms with Crippen molar-refractivity contribution in [3.63, 3.8) is 0 Å².